The van der Waals surface area contributed by atoms with E-state index in [4.69, 9.17) is 4.74 Å². The van der Waals surface area contributed by atoms with E-state index >= 15 is 0 Å². The predicted octanol–water partition coefficient (Wildman–Crippen LogP) is 3.36. The number of nitrogens with one attached hydrogen (secondary N) is 2. The minimum atomic E-state index is -0.274. The number of hydrogen-bond acceptors (Lipinski definition) is 2. The summed E-state index contributed by atoms with van der Waals surface area (Å²) in [6, 6.07) is 6.75. The number of hydrogen-bond donors (Lipinski definition) is 2. The number of ether oxygens (including phenoxy) is 1. The van der Waals surface area contributed by atoms with Gasteiger partial charge in [-0.2, -0.15) is 0 Å². The van der Waals surface area contributed by atoms with Crippen LogP contribution in [0.2, 0.25) is 0 Å². The highest BCUT2D eigenvalue weighted by Gasteiger charge is 2.15. The number of aryl methyl sites for hydroxylation is 1. The van der Waals surface area contributed by atoms with Crippen molar-refractivity contribution in [1.29, 1.82) is 0 Å². The molecule has 0 heterocycles. The molecule has 0 saturated carbocycles. The molecule has 6 heteroatoms. The molecule has 1 rings (SSSR count). The third-order valence-corrected chi connectivity index (χ3v) is 3.34. The number of guanidine groups is 1. The van der Waals surface area contributed by atoms with Gasteiger partial charge in [0.2, 0.25) is 0 Å². The van der Waals surface area contributed by atoms with Gasteiger partial charge in [-0.25, -0.2) is 4.39 Å². The zero-order chi connectivity index (χ0) is 16.4. The Morgan fingerprint density at radius 1 is 1.30 bits per heavy atom. The standard InChI is InChI=1S/C17H28FN3O.HI/c1-5-19-16(21-13-17(2,3)22-4)20-11-7-9-14-8-6-10-15(18)12-14;/h6,8,10,12H,5,7,9,11,13H2,1-4H3,(H2,19,20,21);1H. The minimum absolute atomic E-state index is 0. The molecule has 0 aliphatic carbocycles. The third kappa shape index (κ3) is 9.76. The predicted molar refractivity (Wildman–Crippen MR) is 105 cm³/mol. The van der Waals surface area contributed by atoms with E-state index in [9.17, 15) is 4.39 Å². The molecule has 0 atom stereocenters. The van der Waals surface area contributed by atoms with Gasteiger partial charge in [-0.1, -0.05) is 12.1 Å². The monoisotopic (exact) mass is 437 g/mol. The van der Waals surface area contributed by atoms with Crippen molar-refractivity contribution in [3.05, 3.63) is 35.6 Å². The first-order chi connectivity index (χ1) is 10.5. The lowest BCUT2D eigenvalue weighted by Gasteiger charge is -2.21. The van der Waals surface area contributed by atoms with Gasteiger partial charge in [0.1, 0.15) is 5.82 Å². The Kier molecular flexibility index (Phi) is 11.2. The fourth-order valence-corrected chi connectivity index (χ4v) is 1.87. The molecule has 0 spiro atoms. The average molecular weight is 437 g/mol. The van der Waals surface area contributed by atoms with Crippen molar-refractivity contribution in [2.75, 3.05) is 26.7 Å². The highest BCUT2D eigenvalue weighted by Crippen LogP contribution is 2.07. The van der Waals surface area contributed by atoms with Crippen LogP contribution in [0.3, 0.4) is 0 Å². The molecule has 132 valence electrons. The van der Waals surface area contributed by atoms with Crippen LogP contribution >= 0.6 is 24.0 Å². The molecule has 0 fully saturated rings. The van der Waals surface area contributed by atoms with E-state index in [-0.39, 0.29) is 35.4 Å². The Balaban J connectivity index is 0.00000484. The van der Waals surface area contributed by atoms with Gasteiger partial charge < -0.3 is 15.4 Å². The van der Waals surface area contributed by atoms with Gasteiger partial charge in [0.15, 0.2) is 5.96 Å². The summed E-state index contributed by atoms with van der Waals surface area (Å²) >= 11 is 0. The minimum Gasteiger partial charge on any atom is -0.377 e. The molecule has 0 unspecified atom stereocenters. The van der Waals surface area contributed by atoms with Gasteiger partial charge in [0.25, 0.3) is 0 Å². The highest BCUT2D eigenvalue weighted by molar-refractivity contribution is 14.0. The van der Waals surface area contributed by atoms with Crippen LogP contribution in [-0.2, 0) is 11.2 Å². The lowest BCUT2D eigenvalue weighted by Crippen LogP contribution is -2.39. The summed E-state index contributed by atoms with van der Waals surface area (Å²) in [7, 11) is 1.69. The van der Waals surface area contributed by atoms with Crippen LogP contribution in [0, 0.1) is 5.82 Å². The molecular formula is C17H29FIN3O. The van der Waals surface area contributed by atoms with E-state index in [0.717, 1.165) is 37.5 Å². The van der Waals surface area contributed by atoms with Crippen LogP contribution in [-0.4, -0.2) is 38.3 Å². The molecule has 0 aliphatic heterocycles. The fourth-order valence-electron chi connectivity index (χ4n) is 1.87. The molecule has 2 N–H and O–H groups in total. The first-order valence-corrected chi connectivity index (χ1v) is 7.78. The Morgan fingerprint density at radius 2 is 2.04 bits per heavy atom. The van der Waals surface area contributed by atoms with E-state index in [1.54, 1.807) is 19.2 Å². The van der Waals surface area contributed by atoms with Gasteiger partial charge in [-0.3, -0.25) is 4.99 Å². The number of rotatable bonds is 8. The van der Waals surface area contributed by atoms with Crippen molar-refractivity contribution in [3.63, 3.8) is 0 Å². The topological polar surface area (TPSA) is 45.7 Å². The lowest BCUT2D eigenvalue weighted by molar-refractivity contribution is 0.0310. The number of benzene rings is 1. The number of aliphatic imine (C=N–C) groups is 1. The van der Waals surface area contributed by atoms with Crippen molar-refractivity contribution in [2.24, 2.45) is 4.99 Å². The molecule has 0 saturated heterocycles. The third-order valence-electron chi connectivity index (χ3n) is 3.34. The van der Waals surface area contributed by atoms with Crippen LogP contribution in [0.1, 0.15) is 32.8 Å². The van der Waals surface area contributed by atoms with Crippen molar-refractivity contribution in [2.45, 2.75) is 39.2 Å². The van der Waals surface area contributed by atoms with Gasteiger partial charge in [0, 0.05) is 20.2 Å². The van der Waals surface area contributed by atoms with Crippen LogP contribution in [0.4, 0.5) is 4.39 Å². The Hall–Kier alpha value is -0.890. The van der Waals surface area contributed by atoms with Crippen molar-refractivity contribution >= 4 is 29.9 Å². The molecule has 0 aromatic heterocycles. The van der Waals surface area contributed by atoms with Gasteiger partial charge in [-0.15, -0.1) is 24.0 Å². The SMILES string of the molecule is CCNC(=NCC(C)(C)OC)NCCCc1cccc(F)c1.I. The van der Waals surface area contributed by atoms with Crippen LogP contribution in [0.5, 0.6) is 0 Å². The molecule has 23 heavy (non-hydrogen) atoms. The molecule has 0 bridgehead atoms. The lowest BCUT2D eigenvalue weighted by atomic mass is 10.1. The second kappa shape index (κ2) is 11.6. The van der Waals surface area contributed by atoms with Gasteiger partial charge in [0.05, 0.1) is 12.1 Å². The van der Waals surface area contributed by atoms with E-state index < -0.39 is 0 Å². The zero-order valence-electron chi connectivity index (χ0n) is 14.5. The number of halogens is 2. The number of methoxy groups -OCH3 is 1. The largest absolute Gasteiger partial charge is 0.377 e. The molecule has 1 aromatic rings. The normalized spacial score (nSPS) is 11.8. The molecule has 4 nitrogen and oxygen atoms in total. The van der Waals surface area contributed by atoms with E-state index in [2.05, 4.69) is 15.6 Å². The Labute approximate surface area is 156 Å². The first kappa shape index (κ1) is 22.1. The second-order valence-electron chi connectivity index (χ2n) is 5.82. The molecule has 0 amide bonds. The molecule has 1 aromatic carbocycles. The van der Waals surface area contributed by atoms with E-state index in [0.29, 0.717) is 6.54 Å². The first-order valence-electron chi connectivity index (χ1n) is 7.78. The summed E-state index contributed by atoms with van der Waals surface area (Å²) < 4.78 is 18.5. The summed E-state index contributed by atoms with van der Waals surface area (Å²) in [5.41, 5.74) is 0.744. The Bertz CT molecular complexity index is 481. The summed E-state index contributed by atoms with van der Waals surface area (Å²) in [4.78, 5) is 4.52. The summed E-state index contributed by atoms with van der Waals surface area (Å²) in [6.07, 6.45) is 1.76. The van der Waals surface area contributed by atoms with Crippen LogP contribution in [0.15, 0.2) is 29.3 Å². The maximum atomic E-state index is 13.1. The summed E-state index contributed by atoms with van der Waals surface area (Å²) in [5, 5.41) is 6.50. The maximum Gasteiger partial charge on any atom is 0.191 e. The van der Waals surface area contributed by atoms with E-state index in [1.165, 1.54) is 6.07 Å². The van der Waals surface area contributed by atoms with Gasteiger partial charge >= 0.3 is 0 Å². The average Bonchev–Trinajstić information content (AvgIpc) is 2.49. The summed E-state index contributed by atoms with van der Waals surface area (Å²) in [5.74, 6) is 0.606. The maximum absolute atomic E-state index is 13.1. The van der Waals surface area contributed by atoms with Crippen molar-refractivity contribution in [1.82, 2.24) is 10.6 Å². The highest BCUT2D eigenvalue weighted by atomic mass is 127. The summed E-state index contributed by atoms with van der Waals surface area (Å²) in [6.45, 7) is 8.22. The van der Waals surface area contributed by atoms with E-state index in [1.807, 2.05) is 26.8 Å². The van der Waals surface area contributed by atoms with Crippen molar-refractivity contribution in [3.8, 4) is 0 Å². The molecule has 0 radical (unpaired) electrons. The van der Waals surface area contributed by atoms with Gasteiger partial charge in [-0.05, 0) is 51.3 Å². The van der Waals surface area contributed by atoms with Crippen LogP contribution in [0.25, 0.3) is 0 Å². The quantitative estimate of drug-likeness (QED) is 0.284. The second-order valence-corrected chi connectivity index (χ2v) is 5.82. The zero-order valence-corrected chi connectivity index (χ0v) is 16.8. The smallest absolute Gasteiger partial charge is 0.191 e. The van der Waals surface area contributed by atoms with Crippen LogP contribution < -0.4 is 10.6 Å². The Morgan fingerprint density at radius 3 is 2.65 bits per heavy atom. The molecular weight excluding hydrogens is 408 g/mol. The molecule has 0 aliphatic rings. The van der Waals surface area contributed by atoms with Crippen molar-refractivity contribution < 1.29 is 9.13 Å². The fraction of sp³-hybridized carbons (Fsp3) is 0.588. The number of nitrogens with zero attached hydrogens (tertiary/aromatic N) is 1.